The van der Waals surface area contributed by atoms with Gasteiger partial charge in [-0.2, -0.15) is 0 Å². The quantitative estimate of drug-likeness (QED) is 0.136. The van der Waals surface area contributed by atoms with Crippen LogP contribution in [0.3, 0.4) is 0 Å². The number of fused-ring (bicyclic) bond motifs is 12. The van der Waals surface area contributed by atoms with Gasteiger partial charge < -0.3 is 14.0 Å². The minimum Gasteiger partial charge on any atom is -0.455 e. The van der Waals surface area contributed by atoms with E-state index in [0.717, 1.165) is 66.0 Å². The summed E-state index contributed by atoms with van der Waals surface area (Å²) in [5, 5.41) is 23.2. The molecule has 0 atom stereocenters. The molecule has 0 spiro atoms. The van der Waals surface area contributed by atoms with Crippen molar-refractivity contribution >= 4 is 110 Å². The zero-order chi connectivity index (χ0) is 40.2. The Morgan fingerprint density at radius 3 is 2.05 bits per heavy atom. The number of furan rings is 1. The molecule has 5 heteroatoms. The van der Waals surface area contributed by atoms with E-state index in [9.17, 15) is 5.41 Å². The van der Waals surface area contributed by atoms with Gasteiger partial charge in [0.25, 0.3) is 0 Å². The first-order chi connectivity index (χ1) is 30.1. The van der Waals surface area contributed by atoms with E-state index in [1.165, 1.54) is 48.7 Å². The summed E-state index contributed by atoms with van der Waals surface area (Å²) in [6, 6.07) is 66.7. The maximum Gasteiger partial charge on any atom is 0.155 e. The predicted molar refractivity (Wildman–Crippen MR) is 256 cm³/mol. The average Bonchev–Trinajstić information content (AvgIpc) is 3.97. The van der Waals surface area contributed by atoms with Crippen LogP contribution in [0.2, 0.25) is 0 Å². The van der Waals surface area contributed by atoms with Crippen molar-refractivity contribution in [2.45, 2.75) is 0 Å². The highest BCUT2D eigenvalue weighted by atomic mass is 16.3. The molecule has 0 saturated carbocycles. The average molecular weight is 779 g/mol. The van der Waals surface area contributed by atoms with Gasteiger partial charge in [0.15, 0.2) is 5.84 Å². The van der Waals surface area contributed by atoms with Crippen molar-refractivity contribution in [2.75, 3.05) is 0 Å². The van der Waals surface area contributed by atoms with Gasteiger partial charge in [0, 0.05) is 60.8 Å². The van der Waals surface area contributed by atoms with E-state index in [-0.39, 0.29) is 5.84 Å². The second-order valence-electron chi connectivity index (χ2n) is 16.0. The lowest BCUT2D eigenvalue weighted by Crippen LogP contribution is -2.01. The Morgan fingerprint density at radius 2 is 1.16 bits per heavy atom. The Bertz CT molecular complexity index is 4020. The fourth-order valence-corrected chi connectivity index (χ4v) is 9.71. The number of para-hydroxylation sites is 2. The third-order valence-electron chi connectivity index (χ3n) is 12.6. The van der Waals surface area contributed by atoms with E-state index in [0.29, 0.717) is 11.1 Å². The normalized spacial score (nSPS) is 12.3. The van der Waals surface area contributed by atoms with Crippen LogP contribution in [-0.2, 0) is 0 Å². The Hall–Kier alpha value is -8.28. The van der Waals surface area contributed by atoms with Crippen LogP contribution < -0.4 is 0 Å². The fraction of sp³-hybridized carbons (Fsp3) is 0. The second kappa shape index (κ2) is 12.9. The first-order valence-corrected chi connectivity index (χ1v) is 20.6. The summed E-state index contributed by atoms with van der Waals surface area (Å²) in [6.07, 6.45) is 1.80. The van der Waals surface area contributed by atoms with Gasteiger partial charge in [0.1, 0.15) is 11.2 Å². The van der Waals surface area contributed by atoms with Crippen molar-refractivity contribution in [1.29, 1.82) is 5.41 Å². The van der Waals surface area contributed by atoms with Gasteiger partial charge >= 0.3 is 0 Å². The minimum atomic E-state index is 0.130. The maximum atomic E-state index is 9.55. The van der Waals surface area contributed by atoms with E-state index in [4.69, 9.17) is 9.41 Å². The number of nitrogens with zero attached hydrogens (tertiary/aromatic N) is 2. The van der Waals surface area contributed by atoms with E-state index in [1.54, 1.807) is 6.21 Å². The van der Waals surface area contributed by atoms with Crippen LogP contribution in [0.15, 0.2) is 197 Å². The molecule has 2 N–H and O–H groups in total. The molecule has 0 aliphatic heterocycles. The topological polar surface area (TPSA) is 70.1 Å². The summed E-state index contributed by atoms with van der Waals surface area (Å²) < 4.78 is 8.95. The number of aromatic nitrogens is 2. The lowest BCUT2D eigenvalue weighted by molar-refractivity contribution is 0.668. The van der Waals surface area contributed by atoms with Gasteiger partial charge in [0.2, 0.25) is 0 Å². The number of H-pyrrole nitrogens is 1. The van der Waals surface area contributed by atoms with Crippen LogP contribution in [0, 0.1) is 5.41 Å². The van der Waals surface area contributed by atoms with Crippen LogP contribution >= 0.6 is 0 Å². The zero-order valence-corrected chi connectivity index (χ0v) is 32.8. The molecule has 0 aliphatic rings. The molecule has 0 bridgehead atoms. The Labute approximate surface area is 348 Å². The van der Waals surface area contributed by atoms with E-state index in [2.05, 4.69) is 155 Å². The molecule has 284 valence electrons. The van der Waals surface area contributed by atoms with E-state index >= 15 is 0 Å². The number of nitrogens with one attached hydrogen (secondary N) is 2. The molecule has 61 heavy (non-hydrogen) atoms. The van der Waals surface area contributed by atoms with Gasteiger partial charge in [-0.15, -0.1) is 0 Å². The standard InChI is InChI=1S/C56H34N4O/c57-56(58-32-38-16-9-14-33-11-3-4-17-40(33)38)49-30-39(29-48-44-19-6-8-22-54(44)61-55(48)49)60-52-28-35-13-2-1-12-34(35)25-46(52)47-26-36-15-10-20-41(45(36)31-53(47)60)37-23-24-43-42-18-5-7-21-50(42)59-51(43)27-37/h1-32,57,59H/b57-56?,58-32+. The van der Waals surface area contributed by atoms with Crippen molar-refractivity contribution in [3.8, 4) is 16.8 Å². The van der Waals surface area contributed by atoms with Crippen LogP contribution in [0.5, 0.6) is 0 Å². The fourth-order valence-electron chi connectivity index (χ4n) is 9.71. The third-order valence-corrected chi connectivity index (χ3v) is 12.6. The summed E-state index contributed by atoms with van der Waals surface area (Å²) in [5.41, 5.74) is 10.7. The summed E-state index contributed by atoms with van der Waals surface area (Å²) in [4.78, 5) is 8.49. The summed E-state index contributed by atoms with van der Waals surface area (Å²) in [7, 11) is 0. The van der Waals surface area contributed by atoms with Gasteiger partial charge in [0.05, 0.1) is 16.6 Å². The van der Waals surface area contributed by atoms with Crippen LogP contribution in [0.1, 0.15) is 11.1 Å². The van der Waals surface area contributed by atoms with Crippen molar-refractivity contribution in [3.63, 3.8) is 0 Å². The number of hydrogen-bond acceptors (Lipinski definition) is 2. The molecule has 0 aliphatic carbocycles. The molecule has 13 rings (SSSR count). The first kappa shape index (κ1) is 33.7. The van der Waals surface area contributed by atoms with Crippen molar-refractivity contribution < 1.29 is 4.42 Å². The second-order valence-corrected chi connectivity index (χ2v) is 16.0. The molecule has 13 aromatic rings. The van der Waals surface area contributed by atoms with Crippen molar-refractivity contribution in [2.24, 2.45) is 4.99 Å². The maximum absolute atomic E-state index is 9.55. The number of benzene rings is 10. The molecule has 0 amide bonds. The monoisotopic (exact) mass is 778 g/mol. The Balaban J connectivity index is 1.07. The first-order valence-electron chi connectivity index (χ1n) is 20.6. The van der Waals surface area contributed by atoms with Gasteiger partial charge in [-0.25, -0.2) is 4.99 Å². The largest absolute Gasteiger partial charge is 0.455 e. The Morgan fingerprint density at radius 1 is 0.492 bits per heavy atom. The summed E-state index contributed by atoms with van der Waals surface area (Å²) in [6.45, 7) is 0. The molecule has 5 nitrogen and oxygen atoms in total. The molecule has 10 aromatic carbocycles. The third kappa shape index (κ3) is 5.14. The number of aliphatic imine (C=N–C) groups is 1. The number of amidine groups is 1. The zero-order valence-electron chi connectivity index (χ0n) is 32.8. The smallest absolute Gasteiger partial charge is 0.155 e. The number of hydrogen-bond donors (Lipinski definition) is 2. The molecule has 3 aromatic heterocycles. The molecule has 0 saturated heterocycles. The minimum absolute atomic E-state index is 0.130. The van der Waals surface area contributed by atoms with Crippen molar-refractivity contribution in [3.05, 3.63) is 199 Å². The Kier molecular flexibility index (Phi) is 7.10. The van der Waals surface area contributed by atoms with Crippen molar-refractivity contribution in [1.82, 2.24) is 9.55 Å². The lowest BCUT2D eigenvalue weighted by Gasteiger charge is -2.13. The van der Waals surface area contributed by atoms with Gasteiger partial charge in [-0.3, -0.25) is 5.41 Å². The van der Waals surface area contributed by atoms with E-state index < -0.39 is 0 Å². The molecular formula is C56H34N4O. The summed E-state index contributed by atoms with van der Waals surface area (Å²) >= 11 is 0. The molecule has 0 fully saturated rings. The number of aromatic amines is 1. The molecule has 3 heterocycles. The highest BCUT2D eigenvalue weighted by Gasteiger charge is 2.21. The molecular weight excluding hydrogens is 745 g/mol. The van der Waals surface area contributed by atoms with Crippen LogP contribution in [0.25, 0.3) is 115 Å². The highest BCUT2D eigenvalue weighted by Crippen LogP contribution is 2.42. The van der Waals surface area contributed by atoms with Crippen LogP contribution in [-0.4, -0.2) is 21.6 Å². The van der Waals surface area contributed by atoms with Gasteiger partial charge in [-0.05, 0) is 98.0 Å². The van der Waals surface area contributed by atoms with E-state index in [1.807, 2.05) is 42.5 Å². The molecule has 0 unspecified atom stereocenters. The summed E-state index contributed by atoms with van der Waals surface area (Å²) in [5.74, 6) is 0.130. The lowest BCUT2D eigenvalue weighted by atomic mass is 9.96. The SMILES string of the molecule is N=C(/N=C/c1cccc2ccccc12)c1cc(-n2c3cc4ccccc4cc3c3cc4cccc(-c5ccc6c(c5)[nH]c5ccccc56)c4cc32)cc2c1oc1ccccc12. The number of rotatable bonds is 4. The van der Waals surface area contributed by atoms with Crippen LogP contribution in [0.4, 0.5) is 0 Å². The molecule has 0 radical (unpaired) electrons. The van der Waals surface area contributed by atoms with Gasteiger partial charge in [-0.1, -0.05) is 133 Å². The predicted octanol–water partition coefficient (Wildman–Crippen LogP) is 14.9. The highest BCUT2D eigenvalue weighted by molar-refractivity contribution is 6.21.